The molecular formula is C16H22N6O3. The number of hydrogen-bond donors (Lipinski definition) is 2. The average molecular weight is 346 g/mol. The van der Waals surface area contributed by atoms with Crippen LogP contribution in [0.3, 0.4) is 0 Å². The quantitative estimate of drug-likeness (QED) is 0.727. The van der Waals surface area contributed by atoms with Gasteiger partial charge in [-0.3, -0.25) is 4.79 Å². The largest absolute Gasteiger partial charge is 0.494 e. The molecule has 0 bridgehead atoms. The molecule has 1 atom stereocenters. The Morgan fingerprint density at radius 1 is 1.44 bits per heavy atom. The molecule has 1 amide bonds. The number of anilines is 1. The Morgan fingerprint density at radius 3 is 2.88 bits per heavy atom. The number of carbonyl (C=O) groups excluding carboxylic acids is 1. The molecule has 25 heavy (non-hydrogen) atoms. The molecular weight excluding hydrogens is 324 g/mol. The number of methoxy groups -OCH3 is 2. The fourth-order valence-electron chi connectivity index (χ4n) is 2.58. The molecule has 134 valence electrons. The minimum atomic E-state index is -0.307. The number of nitrogens with one attached hydrogen (secondary N) is 1. The van der Waals surface area contributed by atoms with Gasteiger partial charge in [-0.2, -0.15) is 4.68 Å². The monoisotopic (exact) mass is 346 g/mol. The van der Waals surface area contributed by atoms with Crippen LogP contribution in [0, 0.1) is 0 Å². The topological polar surface area (TPSA) is 117 Å². The molecule has 1 aromatic carbocycles. The highest BCUT2D eigenvalue weighted by molar-refractivity contribution is 5.91. The van der Waals surface area contributed by atoms with E-state index in [-0.39, 0.29) is 25.0 Å². The molecule has 2 aromatic rings. The number of benzene rings is 1. The normalized spacial score (nSPS) is 15.0. The molecule has 1 saturated carbocycles. The summed E-state index contributed by atoms with van der Waals surface area (Å²) in [7, 11) is 3.12. The van der Waals surface area contributed by atoms with Gasteiger partial charge in [-0.1, -0.05) is 0 Å². The summed E-state index contributed by atoms with van der Waals surface area (Å²) in [6, 6.07) is 5.34. The van der Waals surface area contributed by atoms with E-state index in [1.54, 1.807) is 30.0 Å². The van der Waals surface area contributed by atoms with Crippen molar-refractivity contribution in [2.24, 2.45) is 5.73 Å². The number of amides is 1. The van der Waals surface area contributed by atoms with Crippen LogP contribution in [0.25, 0.3) is 5.69 Å². The summed E-state index contributed by atoms with van der Waals surface area (Å²) in [6.07, 6.45) is 2.04. The number of hydrogen-bond acceptors (Lipinski definition) is 7. The third-order valence-electron chi connectivity index (χ3n) is 4.14. The predicted molar refractivity (Wildman–Crippen MR) is 90.8 cm³/mol. The fourth-order valence-corrected chi connectivity index (χ4v) is 2.58. The molecule has 3 rings (SSSR count). The second-order valence-corrected chi connectivity index (χ2v) is 5.96. The van der Waals surface area contributed by atoms with Crippen molar-refractivity contribution in [3.8, 4) is 11.4 Å². The third kappa shape index (κ3) is 3.94. The van der Waals surface area contributed by atoms with Crippen LogP contribution in [0.5, 0.6) is 5.75 Å². The zero-order valence-electron chi connectivity index (χ0n) is 14.3. The van der Waals surface area contributed by atoms with E-state index in [2.05, 4.69) is 20.8 Å². The molecule has 0 aliphatic heterocycles. The van der Waals surface area contributed by atoms with Crippen LogP contribution >= 0.6 is 0 Å². The number of nitrogens with zero attached hydrogens (tertiary/aromatic N) is 4. The summed E-state index contributed by atoms with van der Waals surface area (Å²) in [5.74, 6) is 1.64. The molecule has 0 radical (unpaired) electrons. The first-order valence-corrected chi connectivity index (χ1v) is 8.15. The predicted octanol–water partition coefficient (Wildman–Crippen LogP) is 0.851. The van der Waals surface area contributed by atoms with Crippen molar-refractivity contribution in [2.75, 3.05) is 26.1 Å². The number of tetrazole rings is 1. The average Bonchev–Trinajstić information content (AvgIpc) is 3.36. The molecule has 0 spiro atoms. The zero-order valence-corrected chi connectivity index (χ0v) is 14.3. The van der Waals surface area contributed by atoms with Crippen LogP contribution in [0.1, 0.15) is 31.0 Å². The van der Waals surface area contributed by atoms with Crippen molar-refractivity contribution < 1.29 is 14.3 Å². The summed E-state index contributed by atoms with van der Waals surface area (Å²) in [5, 5.41) is 14.8. The lowest BCUT2D eigenvalue weighted by atomic mass is 10.2. The van der Waals surface area contributed by atoms with Gasteiger partial charge in [0.25, 0.3) is 0 Å². The summed E-state index contributed by atoms with van der Waals surface area (Å²) < 4.78 is 12.2. The number of aromatic nitrogens is 4. The van der Waals surface area contributed by atoms with Crippen molar-refractivity contribution in [3.05, 3.63) is 24.0 Å². The van der Waals surface area contributed by atoms with Gasteiger partial charge >= 0.3 is 0 Å². The summed E-state index contributed by atoms with van der Waals surface area (Å²) in [6.45, 7) is 0.285. The van der Waals surface area contributed by atoms with Crippen LogP contribution in [0.4, 0.5) is 5.69 Å². The molecule has 3 N–H and O–H groups in total. The van der Waals surface area contributed by atoms with Gasteiger partial charge in [0, 0.05) is 25.3 Å². The Labute approximate surface area is 145 Å². The van der Waals surface area contributed by atoms with Crippen molar-refractivity contribution in [2.45, 2.75) is 31.3 Å². The third-order valence-corrected chi connectivity index (χ3v) is 4.14. The second-order valence-electron chi connectivity index (χ2n) is 5.96. The fraction of sp³-hybridized carbons (Fsp3) is 0.500. The van der Waals surface area contributed by atoms with E-state index >= 15 is 0 Å². The van der Waals surface area contributed by atoms with Gasteiger partial charge in [-0.25, -0.2) is 0 Å². The highest BCUT2D eigenvalue weighted by atomic mass is 16.5. The molecule has 1 aromatic heterocycles. The first-order valence-electron chi connectivity index (χ1n) is 8.15. The van der Waals surface area contributed by atoms with Gasteiger partial charge < -0.3 is 20.5 Å². The Hall–Kier alpha value is -2.52. The van der Waals surface area contributed by atoms with Crippen molar-refractivity contribution in [1.82, 2.24) is 20.2 Å². The van der Waals surface area contributed by atoms with Gasteiger partial charge in [0.05, 0.1) is 19.6 Å². The van der Waals surface area contributed by atoms with E-state index < -0.39 is 0 Å². The van der Waals surface area contributed by atoms with Gasteiger partial charge in [0.1, 0.15) is 11.4 Å². The van der Waals surface area contributed by atoms with E-state index in [4.69, 9.17) is 15.2 Å². The lowest BCUT2D eigenvalue weighted by Gasteiger charge is -2.14. The van der Waals surface area contributed by atoms with Crippen molar-refractivity contribution >= 4 is 11.6 Å². The Balaban J connectivity index is 1.83. The van der Waals surface area contributed by atoms with E-state index in [0.29, 0.717) is 23.0 Å². The minimum Gasteiger partial charge on any atom is -0.494 e. The lowest BCUT2D eigenvalue weighted by Crippen LogP contribution is -2.28. The van der Waals surface area contributed by atoms with E-state index in [0.717, 1.165) is 18.7 Å². The maximum absolute atomic E-state index is 12.2. The number of nitrogens with two attached hydrogens (primary N) is 1. The Bertz CT molecular complexity index is 739. The van der Waals surface area contributed by atoms with Crippen LogP contribution < -0.4 is 15.8 Å². The second kappa shape index (κ2) is 7.58. The maximum atomic E-state index is 12.2. The molecule has 1 aliphatic carbocycles. The van der Waals surface area contributed by atoms with Gasteiger partial charge in [0.15, 0.2) is 5.82 Å². The Kier molecular flexibility index (Phi) is 5.25. The number of rotatable bonds is 8. The number of ether oxygens (including phenoxy) is 2. The standard InChI is InChI=1S/C16H22N6O3/c1-24-12(9-17)8-15(23)18-11-5-6-14(25-2)13(7-11)22-16(10-3-4-10)19-20-21-22/h5-7,10,12H,3-4,8-9,17H2,1-2H3,(H,18,23). The van der Waals surface area contributed by atoms with Gasteiger partial charge in [0.2, 0.25) is 5.91 Å². The summed E-state index contributed by atoms with van der Waals surface area (Å²) >= 11 is 0. The van der Waals surface area contributed by atoms with Gasteiger partial charge in [-0.05, 0) is 41.5 Å². The molecule has 1 fully saturated rings. The van der Waals surface area contributed by atoms with Crippen LogP contribution in [-0.4, -0.2) is 53.0 Å². The van der Waals surface area contributed by atoms with E-state index in [1.807, 2.05) is 0 Å². The molecule has 1 unspecified atom stereocenters. The van der Waals surface area contributed by atoms with E-state index in [1.165, 1.54) is 7.11 Å². The van der Waals surface area contributed by atoms with E-state index in [9.17, 15) is 4.79 Å². The first-order chi connectivity index (χ1) is 12.2. The van der Waals surface area contributed by atoms with Crippen LogP contribution in [-0.2, 0) is 9.53 Å². The molecule has 1 heterocycles. The van der Waals surface area contributed by atoms with Gasteiger partial charge in [-0.15, -0.1) is 5.10 Å². The highest BCUT2D eigenvalue weighted by Crippen LogP contribution is 2.40. The minimum absolute atomic E-state index is 0.174. The number of carbonyl (C=O) groups is 1. The van der Waals surface area contributed by atoms with Crippen LogP contribution in [0.15, 0.2) is 18.2 Å². The molecule has 1 aliphatic rings. The SMILES string of the molecule is COc1ccc(NC(=O)CC(CN)OC)cc1-n1nnnc1C1CC1. The zero-order chi connectivity index (χ0) is 17.8. The molecule has 9 heteroatoms. The first kappa shape index (κ1) is 17.3. The summed E-state index contributed by atoms with van der Waals surface area (Å²) in [4.78, 5) is 12.2. The Morgan fingerprint density at radius 2 is 2.24 bits per heavy atom. The van der Waals surface area contributed by atoms with Crippen molar-refractivity contribution in [1.29, 1.82) is 0 Å². The summed E-state index contributed by atoms with van der Waals surface area (Å²) in [5.41, 5.74) is 6.87. The molecule has 0 saturated heterocycles. The maximum Gasteiger partial charge on any atom is 0.227 e. The van der Waals surface area contributed by atoms with Crippen molar-refractivity contribution in [3.63, 3.8) is 0 Å². The van der Waals surface area contributed by atoms with Crippen LogP contribution in [0.2, 0.25) is 0 Å². The highest BCUT2D eigenvalue weighted by Gasteiger charge is 2.30. The molecule has 9 nitrogen and oxygen atoms in total. The lowest BCUT2D eigenvalue weighted by molar-refractivity contribution is -0.118. The smallest absolute Gasteiger partial charge is 0.227 e.